The van der Waals surface area contributed by atoms with Crippen molar-refractivity contribution < 1.29 is 14.6 Å². The molecular weight excluding hydrogens is 232 g/mol. The van der Waals surface area contributed by atoms with Crippen molar-refractivity contribution in [3.8, 4) is 0 Å². The van der Waals surface area contributed by atoms with Gasteiger partial charge in [0.05, 0.1) is 19.3 Å². The van der Waals surface area contributed by atoms with Gasteiger partial charge < -0.3 is 19.5 Å². The Morgan fingerprint density at radius 2 is 2.06 bits per heavy atom. The smallest absolute Gasteiger partial charge is 0.0700 e. The maximum absolute atomic E-state index is 9.75. The number of likely N-dealkylation sites (N-methyl/N-ethyl adjacent to an activating group) is 1. The van der Waals surface area contributed by atoms with Gasteiger partial charge in [0.1, 0.15) is 0 Å². The molecule has 18 heavy (non-hydrogen) atoms. The minimum absolute atomic E-state index is 0.163. The molecule has 0 spiro atoms. The molecule has 1 fully saturated rings. The first-order chi connectivity index (χ1) is 8.63. The van der Waals surface area contributed by atoms with Gasteiger partial charge in [-0.05, 0) is 26.9 Å². The topological polar surface area (TPSA) is 45.2 Å². The molecule has 1 saturated heterocycles. The summed E-state index contributed by atoms with van der Waals surface area (Å²) in [4.78, 5) is 4.56. The highest BCUT2D eigenvalue weighted by atomic mass is 16.5. The van der Waals surface area contributed by atoms with Gasteiger partial charge in [-0.3, -0.25) is 4.90 Å². The average molecular weight is 260 g/mol. The molecule has 5 nitrogen and oxygen atoms in total. The number of rotatable bonds is 9. The zero-order valence-corrected chi connectivity index (χ0v) is 12.0. The maximum atomic E-state index is 9.75. The number of β-amino-alcohol motifs (C(OH)–C–C–N with tert-alkyl or cyclic N) is 1. The summed E-state index contributed by atoms with van der Waals surface area (Å²) >= 11 is 0. The minimum atomic E-state index is -0.163. The Labute approximate surface area is 111 Å². The van der Waals surface area contributed by atoms with Crippen LogP contribution in [0.15, 0.2) is 0 Å². The van der Waals surface area contributed by atoms with Crippen LogP contribution in [0.25, 0.3) is 0 Å². The van der Waals surface area contributed by atoms with Gasteiger partial charge in [0, 0.05) is 39.4 Å². The normalized spacial score (nSPS) is 25.2. The van der Waals surface area contributed by atoms with Gasteiger partial charge in [0.25, 0.3) is 0 Å². The zero-order valence-electron chi connectivity index (χ0n) is 12.0. The number of methoxy groups -OCH3 is 1. The Hall–Kier alpha value is -0.200. The predicted molar refractivity (Wildman–Crippen MR) is 71.9 cm³/mol. The lowest BCUT2D eigenvalue weighted by atomic mass is 10.2. The standard InChI is InChI=1S/C13H28N2O3/c1-14(2)10-12-9-13(16)11-15(12)5-4-6-18-8-7-17-3/h12-13,16H,4-11H2,1-3H3. The predicted octanol–water partition coefficient (Wildman–Crippen LogP) is 0.0363. The zero-order chi connectivity index (χ0) is 13.4. The third-order valence-electron chi connectivity index (χ3n) is 3.25. The molecule has 5 heteroatoms. The molecule has 1 rings (SSSR count). The molecule has 108 valence electrons. The van der Waals surface area contributed by atoms with Crippen LogP contribution in [0.3, 0.4) is 0 Å². The lowest BCUT2D eigenvalue weighted by Gasteiger charge is -2.26. The second-order valence-electron chi connectivity index (χ2n) is 5.26. The molecule has 2 unspecified atom stereocenters. The van der Waals surface area contributed by atoms with Crippen molar-refractivity contribution in [1.82, 2.24) is 9.80 Å². The Balaban J connectivity index is 2.14. The van der Waals surface area contributed by atoms with E-state index in [0.29, 0.717) is 19.3 Å². The summed E-state index contributed by atoms with van der Waals surface area (Å²) in [7, 11) is 5.84. The van der Waals surface area contributed by atoms with E-state index in [9.17, 15) is 5.11 Å². The summed E-state index contributed by atoms with van der Waals surface area (Å²) < 4.78 is 10.4. The molecule has 0 radical (unpaired) electrons. The van der Waals surface area contributed by atoms with Gasteiger partial charge in [-0.25, -0.2) is 0 Å². The van der Waals surface area contributed by atoms with Crippen molar-refractivity contribution in [2.45, 2.75) is 25.0 Å². The highest BCUT2D eigenvalue weighted by molar-refractivity contribution is 4.86. The Morgan fingerprint density at radius 1 is 1.28 bits per heavy atom. The fourth-order valence-corrected chi connectivity index (χ4v) is 2.46. The average Bonchev–Trinajstić information content (AvgIpc) is 2.63. The highest BCUT2D eigenvalue weighted by Crippen LogP contribution is 2.18. The first-order valence-electron chi connectivity index (χ1n) is 6.77. The Morgan fingerprint density at radius 3 is 2.72 bits per heavy atom. The number of ether oxygens (including phenoxy) is 2. The molecule has 1 N–H and O–H groups in total. The molecule has 0 bridgehead atoms. The van der Waals surface area contributed by atoms with E-state index in [1.807, 2.05) is 0 Å². The van der Waals surface area contributed by atoms with E-state index in [4.69, 9.17) is 9.47 Å². The molecular formula is C13H28N2O3. The molecule has 0 aliphatic carbocycles. The number of hydrogen-bond acceptors (Lipinski definition) is 5. The summed E-state index contributed by atoms with van der Waals surface area (Å²) in [6, 6.07) is 0.481. The van der Waals surface area contributed by atoms with E-state index in [2.05, 4.69) is 23.9 Å². The third-order valence-corrected chi connectivity index (χ3v) is 3.25. The number of aliphatic hydroxyl groups is 1. The van der Waals surface area contributed by atoms with Crippen LogP contribution in [0, 0.1) is 0 Å². The van der Waals surface area contributed by atoms with Crippen LogP contribution in [0.1, 0.15) is 12.8 Å². The van der Waals surface area contributed by atoms with Crippen molar-refractivity contribution >= 4 is 0 Å². The molecule has 2 atom stereocenters. The molecule has 0 aromatic heterocycles. The van der Waals surface area contributed by atoms with Gasteiger partial charge in [-0.15, -0.1) is 0 Å². The molecule has 0 saturated carbocycles. The quantitative estimate of drug-likeness (QED) is 0.593. The highest BCUT2D eigenvalue weighted by Gasteiger charge is 2.30. The summed E-state index contributed by atoms with van der Waals surface area (Å²) in [6.45, 7) is 4.91. The van der Waals surface area contributed by atoms with Gasteiger partial charge in [0.15, 0.2) is 0 Å². The van der Waals surface area contributed by atoms with E-state index in [-0.39, 0.29) is 6.10 Å². The van der Waals surface area contributed by atoms with Crippen molar-refractivity contribution in [1.29, 1.82) is 0 Å². The Kier molecular flexibility index (Phi) is 7.77. The van der Waals surface area contributed by atoms with E-state index in [0.717, 1.165) is 39.1 Å². The SMILES string of the molecule is COCCOCCCN1CC(O)CC1CN(C)C. The van der Waals surface area contributed by atoms with Crippen LogP contribution in [0.4, 0.5) is 0 Å². The lowest BCUT2D eigenvalue weighted by Crippen LogP contribution is -2.38. The summed E-state index contributed by atoms with van der Waals surface area (Å²) in [5.41, 5.74) is 0. The van der Waals surface area contributed by atoms with Crippen molar-refractivity contribution in [2.75, 3.05) is 60.7 Å². The van der Waals surface area contributed by atoms with Gasteiger partial charge in [0.2, 0.25) is 0 Å². The summed E-state index contributed by atoms with van der Waals surface area (Å²) in [6.07, 6.45) is 1.74. The van der Waals surface area contributed by atoms with Crippen LogP contribution in [0.5, 0.6) is 0 Å². The monoisotopic (exact) mass is 260 g/mol. The largest absolute Gasteiger partial charge is 0.392 e. The molecule has 0 aromatic rings. The number of nitrogens with zero attached hydrogens (tertiary/aromatic N) is 2. The van der Waals surface area contributed by atoms with Crippen LogP contribution < -0.4 is 0 Å². The second-order valence-corrected chi connectivity index (χ2v) is 5.26. The first kappa shape index (κ1) is 15.9. The fraction of sp³-hybridized carbons (Fsp3) is 1.00. The van der Waals surface area contributed by atoms with Crippen LogP contribution >= 0.6 is 0 Å². The van der Waals surface area contributed by atoms with Crippen molar-refractivity contribution in [2.24, 2.45) is 0 Å². The van der Waals surface area contributed by atoms with Crippen LogP contribution in [-0.4, -0.2) is 87.7 Å². The molecule has 0 aromatic carbocycles. The molecule has 1 aliphatic rings. The second kappa shape index (κ2) is 8.82. The number of aliphatic hydroxyl groups excluding tert-OH is 1. The van der Waals surface area contributed by atoms with Crippen molar-refractivity contribution in [3.63, 3.8) is 0 Å². The van der Waals surface area contributed by atoms with E-state index in [1.54, 1.807) is 7.11 Å². The Bertz CT molecular complexity index is 214. The van der Waals surface area contributed by atoms with E-state index in [1.165, 1.54) is 0 Å². The van der Waals surface area contributed by atoms with E-state index >= 15 is 0 Å². The maximum Gasteiger partial charge on any atom is 0.0700 e. The summed E-state index contributed by atoms with van der Waals surface area (Å²) in [5.74, 6) is 0. The summed E-state index contributed by atoms with van der Waals surface area (Å²) in [5, 5.41) is 9.75. The van der Waals surface area contributed by atoms with Gasteiger partial charge in [-0.2, -0.15) is 0 Å². The van der Waals surface area contributed by atoms with Crippen LogP contribution in [-0.2, 0) is 9.47 Å². The van der Waals surface area contributed by atoms with Gasteiger partial charge in [-0.1, -0.05) is 0 Å². The third kappa shape index (κ3) is 6.11. The first-order valence-corrected chi connectivity index (χ1v) is 6.77. The molecule has 1 heterocycles. The molecule has 0 amide bonds. The number of hydrogen-bond donors (Lipinski definition) is 1. The van der Waals surface area contributed by atoms with Crippen LogP contribution in [0.2, 0.25) is 0 Å². The fourth-order valence-electron chi connectivity index (χ4n) is 2.46. The molecule has 1 aliphatic heterocycles. The lowest BCUT2D eigenvalue weighted by molar-refractivity contribution is 0.0634. The van der Waals surface area contributed by atoms with E-state index < -0.39 is 0 Å². The number of likely N-dealkylation sites (tertiary alicyclic amines) is 1. The minimum Gasteiger partial charge on any atom is -0.392 e. The van der Waals surface area contributed by atoms with Gasteiger partial charge >= 0.3 is 0 Å². The van der Waals surface area contributed by atoms with Crippen molar-refractivity contribution in [3.05, 3.63) is 0 Å².